The van der Waals surface area contributed by atoms with Crippen LogP contribution in [0.4, 0.5) is 0 Å². The maximum Gasteiger partial charge on any atom is 0.355 e. The summed E-state index contributed by atoms with van der Waals surface area (Å²) in [5.74, 6) is -0.329. The zero-order chi connectivity index (χ0) is 23.1. The van der Waals surface area contributed by atoms with Gasteiger partial charge in [-0.2, -0.15) is 0 Å². The fourth-order valence-corrected chi connectivity index (χ4v) is 4.53. The molecule has 168 valence electrons. The van der Waals surface area contributed by atoms with Crippen molar-refractivity contribution in [2.45, 2.75) is 19.4 Å². The maximum absolute atomic E-state index is 13.4. The predicted molar refractivity (Wildman–Crippen MR) is 126 cm³/mol. The highest BCUT2D eigenvalue weighted by atomic mass is 79.9. The number of hydrogen-bond donors (Lipinski definition) is 1. The van der Waals surface area contributed by atoms with E-state index in [1.165, 1.54) is 36.5 Å². The maximum atomic E-state index is 13.4. The van der Waals surface area contributed by atoms with Crippen molar-refractivity contribution in [2.75, 3.05) is 20.8 Å². The summed E-state index contributed by atoms with van der Waals surface area (Å²) in [5.41, 5.74) is 1.58. The van der Waals surface area contributed by atoms with Crippen molar-refractivity contribution in [2.24, 2.45) is 0 Å². The standard InChI is InChI=1S/C23H23BrN2O5S/c1-30-18-11-16(12-19(31-2)21(18)24)22(27)26(10-6-9-15-7-4-3-5-8-15)13-20-25-17(14-32-20)23(28)29/h3-5,7-8,11-12,14H,6,9-10,13H2,1-2H3,(H,28,29). The minimum atomic E-state index is -1.09. The van der Waals surface area contributed by atoms with E-state index in [9.17, 15) is 9.59 Å². The van der Waals surface area contributed by atoms with E-state index in [1.807, 2.05) is 18.2 Å². The number of ether oxygens (including phenoxy) is 2. The Morgan fingerprint density at radius 2 is 1.78 bits per heavy atom. The van der Waals surface area contributed by atoms with E-state index in [4.69, 9.17) is 14.6 Å². The summed E-state index contributed by atoms with van der Waals surface area (Å²) in [6.07, 6.45) is 1.56. The van der Waals surface area contributed by atoms with Gasteiger partial charge in [0.25, 0.3) is 5.91 Å². The summed E-state index contributed by atoms with van der Waals surface area (Å²) >= 11 is 4.64. The van der Waals surface area contributed by atoms with Gasteiger partial charge in [0.05, 0.1) is 20.8 Å². The Hall–Kier alpha value is -2.91. The summed E-state index contributed by atoms with van der Waals surface area (Å²) in [5, 5.41) is 11.2. The molecule has 0 atom stereocenters. The number of thiazole rings is 1. The van der Waals surface area contributed by atoms with Crippen LogP contribution in [0.25, 0.3) is 0 Å². The second kappa shape index (κ2) is 11.1. The van der Waals surface area contributed by atoms with E-state index in [1.54, 1.807) is 17.0 Å². The van der Waals surface area contributed by atoms with Crippen molar-refractivity contribution in [3.8, 4) is 11.5 Å². The molecule has 0 radical (unpaired) electrons. The molecule has 1 N–H and O–H groups in total. The molecule has 0 bridgehead atoms. The third kappa shape index (κ3) is 5.86. The van der Waals surface area contributed by atoms with Gasteiger partial charge in [-0.25, -0.2) is 9.78 Å². The van der Waals surface area contributed by atoms with Gasteiger partial charge in [0, 0.05) is 17.5 Å². The Bertz CT molecular complexity index is 1060. The highest BCUT2D eigenvalue weighted by Crippen LogP contribution is 2.36. The number of aryl methyl sites for hydroxylation is 1. The third-order valence-corrected chi connectivity index (χ3v) is 6.43. The fourth-order valence-electron chi connectivity index (χ4n) is 3.19. The topological polar surface area (TPSA) is 89.0 Å². The SMILES string of the molecule is COc1cc(C(=O)N(CCCc2ccccc2)Cc2nc(C(=O)O)cs2)cc(OC)c1Br. The molecule has 0 fully saturated rings. The van der Waals surface area contributed by atoms with Crippen LogP contribution in [-0.4, -0.2) is 47.6 Å². The largest absolute Gasteiger partial charge is 0.495 e. The van der Waals surface area contributed by atoms with E-state index in [0.29, 0.717) is 33.1 Å². The minimum absolute atomic E-state index is 0.0198. The molecule has 7 nitrogen and oxygen atoms in total. The second-order valence-corrected chi connectivity index (χ2v) is 8.68. The van der Waals surface area contributed by atoms with Crippen molar-refractivity contribution >= 4 is 39.1 Å². The lowest BCUT2D eigenvalue weighted by Crippen LogP contribution is -2.32. The van der Waals surface area contributed by atoms with E-state index < -0.39 is 5.97 Å². The number of carboxylic acid groups (broad SMARTS) is 1. The van der Waals surface area contributed by atoms with Crippen LogP contribution in [0.2, 0.25) is 0 Å². The first-order chi connectivity index (χ1) is 15.4. The number of halogens is 1. The Morgan fingerprint density at radius 3 is 2.34 bits per heavy atom. The van der Waals surface area contributed by atoms with Crippen LogP contribution in [0.5, 0.6) is 11.5 Å². The Kier molecular flexibility index (Phi) is 8.24. The first-order valence-electron chi connectivity index (χ1n) is 9.85. The molecule has 2 aromatic carbocycles. The number of benzene rings is 2. The molecule has 0 unspecified atom stereocenters. The molecular formula is C23H23BrN2O5S. The molecular weight excluding hydrogens is 496 g/mol. The minimum Gasteiger partial charge on any atom is -0.495 e. The van der Waals surface area contributed by atoms with Crippen molar-refractivity contribution < 1.29 is 24.2 Å². The molecule has 0 spiro atoms. The molecule has 0 aliphatic carbocycles. The van der Waals surface area contributed by atoms with Gasteiger partial charge in [-0.15, -0.1) is 11.3 Å². The lowest BCUT2D eigenvalue weighted by atomic mass is 10.1. The third-order valence-electron chi connectivity index (χ3n) is 4.81. The van der Waals surface area contributed by atoms with Gasteiger partial charge in [-0.05, 0) is 46.5 Å². The average Bonchev–Trinajstić information content (AvgIpc) is 3.28. The number of hydrogen-bond acceptors (Lipinski definition) is 6. The van der Waals surface area contributed by atoms with Crippen LogP contribution in [-0.2, 0) is 13.0 Å². The molecule has 1 amide bonds. The first kappa shape index (κ1) is 23.7. The highest BCUT2D eigenvalue weighted by Gasteiger charge is 2.22. The smallest absolute Gasteiger partial charge is 0.355 e. The molecule has 1 heterocycles. The number of rotatable bonds is 10. The second-order valence-electron chi connectivity index (χ2n) is 6.94. The monoisotopic (exact) mass is 518 g/mol. The Labute approximate surface area is 198 Å². The van der Waals surface area contributed by atoms with Crippen molar-refractivity contribution in [3.63, 3.8) is 0 Å². The summed E-state index contributed by atoms with van der Waals surface area (Å²) in [6, 6.07) is 13.4. The zero-order valence-electron chi connectivity index (χ0n) is 17.7. The van der Waals surface area contributed by atoms with Crippen LogP contribution >= 0.6 is 27.3 Å². The molecule has 3 aromatic rings. The van der Waals surface area contributed by atoms with E-state index in [-0.39, 0.29) is 18.1 Å². The van der Waals surface area contributed by atoms with Gasteiger partial charge < -0.3 is 19.5 Å². The number of aromatic nitrogens is 1. The quantitative estimate of drug-likeness (QED) is 0.410. The molecule has 1 aromatic heterocycles. The van der Waals surface area contributed by atoms with Gasteiger partial charge >= 0.3 is 5.97 Å². The fraction of sp³-hybridized carbons (Fsp3) is 0.261. The van der Waals surface area contributed by atoms with E-state index >= 15 is 0 Å². The van der Waals surface area contributed by atoms with Crippen molar-refractivity contribution in [3.05, 3.63) is 74.1 Å². The zero-order valence-corrected chi connectivity index (χ0v) is 20.1. The highest BCUT2D eigenvalue weighted by molar-refractivity contribution is 9.10. The summed E-state index contributed by atoms with van der Waals surface area (Å²) in [4.78, 5) is 30.4. The summed E-state index contributed by atoms with van der Waals surface area (Å²) in [7, 11) is 3.04. The van der Waals surface area contributed by atoms with Crippen molar-refractivity contribution in [1.82, 2.24) is 9.88 Å². The van der Waals surface area contributed by atoms with E-state index in [2.05, 4.69) is 33.0 Å². The average molecular weight is 519 g/mol. The number of methoxy groups -OCH3 is 2. The first-order valence-corrected chi connectivity index (χ1v) is 11.5. The number of amides is 1. The molecule has 0 aliphatic heterocycles. The van der Waals surface area contributed by atoms with Crippen LogP contribution in [0, 0.1) is 0 Å². The molecule has 0 saturated heterocycles. The molecule has 0 aliphatic rings. The van der Waals surface area contributed by atoms with Gasteiger partial charge in [0.2, 0.25) is 0 Å². The molecule has 0 saturated carbocycles. The number of aromatic carboxylic acids is 1. The van der Waals surface area contributed by atoms with Crippen LogP contribution in [0.15, 0.2) is 52.3 Å². The van der Waals surface area contributed by atoms with Crippen LogP contribution < -0.4 is 9.47 Å². The number of nitrogens with zero attached hydrogens (tertiary/aromatic N) is 2. The summed E-state index contributed by atoms with van der Waals surface area (Å²) in [6.45, 7) is 0.697. The number of carboxylic acids is 1. The van der Waals surface area contributed by atoms with Gasteiger partial charge in [-0.1, -0.05) is 30.3 Å². The van der Waals surface area contributed by atoms with Crippen LogP contribution in [0.3, 0.4) is 0 Å². The lowest BCUT2D eigenvalue weighted by Gasteiger charge is -2.23. The number of carbonyl (C=O) groups excluding carboxylic acids is 1. The van der Waals surface area contributed by atoms with Crippen LogP contribution in [0.1, 0.15) is 37.8 Å². The van der Waals surface area contributed by atoms with Gasteiger partial charge in [0.15, 0.2) is 5.69 Å². The Balaban J connectivity index is 1.84. The molecule has 3 rings (SSSR count). The number of carbonyl (C=O) groups is 2. The Morgan fingerprint density at radius 1 is 1.12 bits per heavy atom. The molecule has 32 heavy (non-hydrogen) atoms. The van der Waals surface area contributed by atoms with Gasteiger partial charge in [0.1, 0.15) is 21.0 Å². The predicted octanol–water partition coefficient (Wildman–Crippen LogP) is 4.90. The molecule has 9 heteroatoms. The summed E-state index contributed by atoms with van der Waals surface area (Å²) < 4.78 is 11.4. The normalized spacial score (nSPS) is 10.6. The van der Waals surface area contributed by atoms with Gasteiger partial charge in [-0.3, -0.25) is 4.79 Å². The van der Waals surface area contributed by atoms with E-state index in [0.717, 1.165) is 12.8 Å². The lowest BCUT2D eigenvalue weighted by molar-refractivity contribution is 0.0691. The van der Waals surface area contributed by atoms with Crippen molar-refractivity contribution in [1.29, 1.82) is 0 Å².